The SMILES string of the molecule is Cc1cc(CO)cc(C)c1OCc1nc(C(C)(C)C)cs1. The number of aryl methyl sites for hydroxylation is 2. The largest absolute Gasteiger partial charge is 0.486 e. The number of aliphatic hydroxyl groups excluding tert-OH is 1. The molecule has 1 N–H and O–H groups in total. The molecule has 0 aliphatic heterocycles. The molecule has 0 radical (unpaired) electrons. The molecule has 1 aromatic heterocycles. The molecule has 2 rings (SSSR count). The molecule has 1 aromatic carbocycles. The van der Waals surface area contributed by atoms with Gasteiger partial charge < -0.3 is 9.84 Å². The number of nitrogens with zero attached hydrogens (tertiary/aromatic N) is 1. The van der Waals surface area contributed by atoms with E-state index in [-0.39, 0.29) is 12.0 Å². The topological polar surface area (TPSA) is 42.4 Å². The van der Waals surface area contributed by atoms with Gasteiger partial charge in [-0.05, 0) is 30.5 Å². The number of rotatable bonds is 4. The lowest BCUT2D eigenvalue weighted by Crippen LogP contribution is -2.11. The molecular weight excluding hydrogens is 282 g/mol. The molecule has 0 bridgehead atoms. The van der Waals surface area contributed by atoms with Crippen molar-refractivity contribution in [2.75, 3.05) is 0 Å². The van der Waals surface area contributed by atoms with E-state index in [1.54, 1.807) is 11.3 Å². The average molecular weight is 305 g/mol. The number of thiazole rings is 1. The molecule has 2 aromatic rings. The van der Waals surface area contributed by atoms with Gasteiger partial charge in [0.05, 0.1) is 12.3 Å². The van der Waals surface area contributed by atoms with Crippen LogP contribution in [0.1, 0.15) is 48.2 Å². The Kier molecular flexibility index (Phi) is 4.69. The highest BCUT2D eigenvalue weighted by Crippen LogP contribution is 2.28. The smallest absolute Gasteiger partial charge is 0.140 e. The van der Waals surface area contributed by atoms with Crippen LogP contribution in [-0.4, -0.2) is 10.1 Å². The van der Waals surface area contributed by atoms with E-state index >= 15 is 0 Å². The Balaban J connectivity index is 2.12. The van der Waals surface area contributed by atoms with Crippen LogP contribution in [-0.2, 0) is 18.6 Å². The highest BCUT2D eigenvalue weighted by molar-refractivity contribution is 7.09. The van der Waals surface area contributed by atoms with Gasteiger partial charge in [0.1, 0.15) is 17.4 Å². The van der Waals surface area contributed by atoms with Gasteiger partial charge in [-0.25, -0.2) is 4.98 Å². The van der Waals surface area contributed by atoms with Crippen LogP contribution >= 0.6 is 11.3 Å². The summed E-state index contributed by atoms with van der Waals surface area (Å²) in [6.07, 6.45) is 0. The van der Waals surface area contributed by atoms with Gasteiger partial charge in [-0.2, -0.15) is 0 Å². The van der Waals surface area contributed by atoms with Crippen molar-refractivity contribution in [1.82, 2.24) is 4.98 Å². The molecule has 0 spiro atoms. The first kappa shape index (κ1) is 16.0. The first-order valence-corrected chi connectivity index (χ1v) is 7.98. The third kappa shape index (κ3) is 3.83. The molecule has 0 saturated carbocycles. The summed E-state index contributed by atoms with van der Waals surface area (Å²) in [6.45, 7) is 11.0. The number of ether oxygens (including phenoxy) is 1. The average Bonchev–Trinajstić information content (AvgIpc) is 2.86. The highest BCUT2D eigenvalue weighted by atomic mass is 32.1. The predicted molar refractivity (Wildman–Crippen MR) is 87.0 cm³/mol. The molecule has 114 valence electrons. The summed E-state index contributed by atoms with van der Waals surface area (Å²) in [5, 5.41) is 12.3. The lowest BCUT2D eigenvalue weighted by Gasteiger charge is -2.14. The van der Waals surface area contributed by atoms with E-state index in [0.29, 0.717) is 6.61 Å². The van der Waals surface area contributed by atoms with Crippen LogP contribution in [0, 0.1) is 13.8 Å². The van der Waals surface area contributed by atoms with Gasteiger partial charge in [0, 0.05) is 10.8 Å². The maximum absolute atomic E-state index is 9.22. The Labute approximate surface area is 130 Å². The van der Waals surface area contributed by atoms with Gasteiger partial charge in [0.15, 0.2) is 0 Å². The Morgan fingerprint density at radius 3 is 2.29 bits per heavy atom. The standard InChI is InChI=1S/C17H23NO2S/c1-11-6-13(8-19)7-12(2)16(11)20-9-15-18-14(10-21-15)17(3,4)5/h6-7,10,19H,8-9H2,1-5H3. The van der Waals surface area contributed by atoms with E-state index in [9.17, 15) is 5.11 Å². The van der Waals surface area contributed by atoms with Crippen molar-refractivity contribution >= 4 is 11.3 Å². The summed E-state index contributed by atoms with van der Waals surface area (Å²) in [6, 6.07) is 3.93. The van der Waals surface area contributed by atoms with Gasteiger partial charge >= 0.3 is 0 Å². The Hall–Kier alpha value is -1.39. The molecule has 0 unspecified atom stereocenters. The lowest BCUT2D eigenvalue weighted by molar-refractivity contribution is 0.280. The molecule has 0 aliphatic rings. The van der Waals surface area contributed by atoms with Crippen molar-refractivity contribution < 1.29 is 9.84 Å². The summed E-state index contributed by atoms with van der Waals surface area (Å²) in [7, 11) is 0. The predicted octanol–water partition coefficient (Wildman–Crippen LogP) is 4.13. The number of aromatic nitrogens is 1. The summed E-state index contributed by atoms with van der Waals surface area (Å²) in [5.41, 5.74) is 4.19. The third-order valence-electron chi connectivity index (χ3n) is 3.36. The van der Waals surface area contributed by atoms with Gasteiger partial charge in [-0.15, -0.1) is 11.3 Å². The second-order valence-corrected chi connectivity index (χ2v) is 7.32. The molecule has 0 atom stereocenters. The number of hydrogen-bond donors (Lipinski definition) is 1. The summed E-state index contributed by atoms with van der Waals surface area (Å²) in [4.78, 5) is 4.64. The van der Waals surface area contributed by atoms with E-state index in [2.05, 4.69) is 31.1 Å². The second-order valence-electron chi connectivity index (χ2n) is 6.38. The number of benzene rings is 1. The summed E-state index contributed by atoms with van der Waals surface area (Å²) in [5.74, 6) is 0.889. The van der Waals surface area contributed by atoms with Gasteiger partial charge in [0.2, 0.25) is 0 Å². The van der Waals surface area contributed by atoms with Crippen molar-refractivity contribution in [2.45, 2.75) is 53.2 Å². The van der Waals surface area contributed by atoms with Crippen LogP contribution in [0.5, 0.6) is 5.75 Å². The minimum atomic E-state index is 0.0589. The van der Waals surface area contributed by atoms with Crippen molar-refractivity contribution in [3.05, 3.63) is 44.9 Å². The number of aliphatic hydroxyl groups is 1. The lowest BCUT2D eigenvalue weighted by atomic mass is 9.93. The van der Waals surface area contributed by atoms with Crippen LogP contribution in [0.3, 0.4) is 0 Å². The van der Waals surface area contributed by atoms with Crippen molar-refractivity contribution in [2.24, 2.45) is 0 Å². The summed E-state index contributed by atoms with van der Waals surface area (Å²) < 4.78 is 5.95. The minimum absolute atomic E-state index is 0.0589. The van der Waals surface area contributed by atoms with Gasteiger partial charge in [-0.3, -0.25) is 0 Å². The fourth-order valence-corrected chi connectivity index (χ4v) is 3.15. The maximum Gasteiger partial charge on any atom is 0.140 e. The van der Waals surface area contributed by atoms with Crippen LogP contribution in [0.2, 0.25) is 0 Å². The summed E-state index contributed by atoms with van der Waals surface area (Å²) >= 11 is 1.64. The van der Waals surface area contributed by atoms with Crippen LogP contribution in [0.15, 0.2) is 17.5 Å². The molecule has 4 heteroatoms. The normalized spacial score (nSPS) is 11.7. The fraction of sp³-hybridized carbons (Fsp3) is 0.471. The van der Waals surface area contributed by atoms with Crippen LogP contribution in [0.25, 0.3) is 0 Å². The first-order chi connectivity index (χ1) is 9.81. The molecule has 21 heavy (non-hydrogen) atoms. The fourth-order valence-electron chi connectivity index (χ4n) is 2.21. The first-order valence-electron chi connectivity index (χ1n) is 7.10. The van der Waals surface area contributed by atoms with E-state index in [0.717, 1.165) is 33.1 Å². The van der Waals surface area contributed by atoms with Crippen LogP contribution in [0.4, 0.5) is 0 Å². The minimum Gasteiger partial charge on any atom is -0.486 e. The van der Waals surface area contributed by atoms with Gasteiger partial charge in [-0.1, -0.05) is 32.9 Å². The monoisotopic (exact) mass is 305 g/mol. The van der Waals surface area contributed by atoms with Crippen molar-refractivity contribution in [1.29, 1.82) is 0 Å². The molecule has 0 fully saturated rings. The molecule has 0 amide bonds. The maximum atomic E-state index is 9.22. The number of hydrogen-bond acceptors (Lipinski definition) is 4. The molecule has 1 heterocycles. The van der Waals surface area contributed by atoms with E-state index in [4.69, 9.17) is 4.74 Å². The van der Waals surface area contributed by atoms with Crippen molar-refractivity contribution in [3.8, 4) is 5.75 Å². The molecule has 0 saturated heterocycles. The Morgan fingerprint density at radius 1 is 1.19 bits per heavy atom. The zero-order chi connectivity index (χ0) is 15.6. The molecular formula is C17H23NO2S. The zero-order valence-electron chi connectivity index (χ0n) is 13.4. The van der Waals surface area contributed by atoms with E-state index in [1.165, 1.54) is 0 Å². The molecule has 0 aliphatic carbocycles. The van der Waals surface area contributed by atoms with E-state index < -0.39 is 0 Å². The van der Waals surface area contributed by atoms with Crippen molar-refractivity contribution in [3.63, 3.8) is 0 Å². The third-order valence-corrected chi connectivity index (χ3v) is 4.19. The zero-order valence-corrected chi connectivity index (χ0v) is 14.2. The Morgan fingerprint density at radius 2 is 1.81 bits per heavy atom. The Bertz CT molecular complexity index is 603. The van der Waals surface area contributed by atoms with Gasteiger partial charge in [0.25, 0.3) is 0 Å². The highest BCUT2D eigenvalue weighted by Gasteiger charge is 2.17. The van der Waals surface area contributed by atoms with Crippen LogP contribution < -0.4 is 4.74 Å². The molecule has 3 nitrogen and oxygen atoms in total. The quantitative estimate of drug-likeness (QED) is 0.923. The van der Waals surface area contributed by atoms with E-state index in [1.807, 2.05) is 26.0 Å². The second kappa shape index (κ2) is 6.16.